The summed E-state index contributed by atoms with van der Waals surface area (Å²) in [5, 5.41) is 10.2. The molecule has 2 aliphatic rings. The van der Waals surface area contributed by atoms with Crippen LogP contribution in [0.1, 0.15) is 37.4 Å². The average Bonchev–Trinajstić information content (AvgIpc) is 2.16. The predicted molar refractivity (Wildman–Crippen MR) is 66.2 cm³/mol. The lowest BCUT2D eigenvalue weighted by Crippen LogP contribution is -2.37. The lowest BCUT2D eigenvalue weighted by molar-refractivity contribution is 0.125. The first-order chi connectivity index (χ1) is 7.19. The number of aliphatic hydroxyl groups is 1. The molecule has 1 aliphatic heterocycles. The van der Waals surface area contributed by atoms with Crippen molar-refractivity contribution in [2.45, 2.75) is 41.4 Å². The number of halogens is 1. The van der Waals surface area contributed by atoms with E-state index in [0.717, 1.165) is 16.5 Å². The Morgan fingerprint density at radius 1 is 1.40 bits per heavy atom. The van der Waals surface area contributed by atoms with Crippen LogP contribution in [0.15, 0.2) is 27.6 Å². The van der Waals surface area contributed by atoms with Crippen LogP contribution in [0.5, 0.6) is 0 Å². The summed E-state index contributed by atoms with van der Waals surface area (Å²) >= 11 is 5.43. The Morgan fingerprint density at radius 2 is 2.20 bits per heavy atom. The molecule has 0 amide bonds. The molecule has 1 aromatic rings. The van der Waals surface area contributed by atoms with Crippen molar-refractivity contribution in [1.82, 2.24) is 0 Å². The molecule has 1 saturated carbocycles. The number of hydrogen-bond donors (Lipinski definition) is 1. The third kappa shape index (κ3) is 1.65. The van der Waals surface area contributed by atoms with Crippen molar-refractivity contribution < 1.29 is 5.11 Å². The molecule has 1 heterocycles. The van der Waals surface area contributed by atoms with Gasteiger partial charge in [-0.3, -0.25) is 0 Å². The smallest absolute Gasteiger partial charge is 0.0814 e. The van der Waals surface area contributed by atoms with E-state index < -0.39 is 0 Å². The fourth-order valence-corrected chi connectivity index (χ4v) is 4.52. The molecule has 15 heavy (non-hydrogen) atoms. The van der Waals surface area contributed by atoms with E-state index in [0.29, 0.717) is 4.75 Å². The van der Waals surface area contributed by atoms with Gasteiger partial charge in [0, 0.05) is 14.1 Å². The van der Waals surface area contributed by atoms with Gasteiger partial charge in [0.25, 0.3) is 0 Å². The molecule has 3 rings (SSSR count). The molecule has 0 aromatic heterocycles. The van der Waals surface area contributed by atoms with Crippen LogP contribution in [0.2, 0.25) is 0 Å². The molecule has 1 nitrogen and oxygen atoms in total. The third-order valence-corrected chi connectivity index (χ3v) is 5.58. The number of benzene rings is 1. The third-order valence-electron chi connectivity index (χ3n) is 3.49. The first kappa shape index (κ1) is 10.2. The second-order valence-electron chi connectivity index (χ2n) is 4.54. The van der Waals surface area contributed by atoms with E-state index in [-0.39, 0.29) is 6.10 Å². The van der Waals surface area contributed by atoms with Gasteiger partial charge < -0.3 is 5.11 Å². The SMILES string of the molecule is O[C@H]1CC2(CCC2)Sc2ccc(Br)cc21. The van der Waals surface area contributed by atoms with E-state index in [1.807, 2.05) is 11.8 Å². The number of aliphatic hydroxyl groups excluding tert-OH is 1. The van der Waals surface area contributed by atoms with Crippen molar-refractivity contribution in [2.24, 2.45) is 0 Å². The Morgan fingerprint density at radius 3 is 2.87 bits per heavy atom. The van der Waals surface area contributed by atoms with Crippen molar-refractivity contribution in [2.75, 3.05) is 0 Å². The standard InChI is InChI=1S/C12H13BrOS/c13-8-2-3-11-9(6-8)10(14)7-12(15-11)4-1-5-12/h2-3,6,10,14H,1,4-5,7H2/t10-/m0/s1. The van der Waals surface area contributed by atoms with Gasteiger partial charge in [-0.15, -0.1) is 11.8 Å². The van der Waals surface area contributed by atoms with Crippen LogP contribution in [0.25, 0.3) is 0 Å². The molecule has 1 fully saturated rings. The van der Waals surface area contributed by atoms with Crippen LogP contribution in [0, 0.1) is 0 Å². The van der Waals surface area contributed by atoms with Crippen LogP contribution >= 0.6 is 27.7 Å². The summed E-state index contributed by atoms with van der Waals surface area (Å²) in [6.07, 6.45) is 4.53. The first-order valence-electron chi connectivity index (χ1n) is 5.35. The molecule has 0 saturated heterocycles. The maximum Gasteiger partial charge on any atom is 0.0814 e. The topological polar surface area (TPSA) is 20.2 Å². The second-order valence-corrected chi connectivity index (χ2v) is 6.97. The maximum atomic E-state index is 10.2. The Kier molecular flexibility index (Phi) is 2.38. The zero-order valence-electron chi connectivity index (χ0n) is 8.37. The quantitative estimate of drug-likeness (QED) is 0.780. The average molecular weight is 285 g/mol. The summed E-state index contributed by atoms with van der Waals surface area (Å²) in [7, 11) is 0. The normalized spacial score (nSPS) is 27.2. The molecular weight excluding hydrogens is 272 g/mol. The molecule has 1 N–H and O–H groups in total. The highest BCUT2D eigenvalue weighted by Gasteiger charge is 2.43. The van der Waals surface area contributed by atoms with Crippen LogP contribution in [-0.2, 0) is 0 Å². The molecule has 0 bridgehead atoms. The van der Waals surface area contributed by atoms with Gasteiger partial charge >= 0.3 is 0 Å². The van der Waals surface area contributed by atoms with Crippen molar-refractivity contribution >= 4 is 27.7 Å². The molecule has 3 heteroatoms. The van der Waals surface area contributed by atoms with Gasteiger partial charge in [-0.05, 0) is 43.0 Å². The maximum absolute atomic E-state index is 10.2. The van der Waals surface area contributed by atoms with Gasteiger partial charge in [0.1, 0.15) is 0 Å². The number of fused-ring (bicyclic) bond motifs is 1. The molecule has 0 unspecified atom stereocenters. The van der Waals surface area contributed by atoms with Crippen LogP contribution in [0.4, 0.5) is 0 Å². The van der Waals surface area contributed by atoms with Gasteiger partial charge in [0.15, 0.2) is 0 Å². The highest BCUT2D eigenvalue weighted by molar-refractivity contribution is 9.10. The Hall–Kier alpha value is 0.01000. The number of rotatable bonds is 0. The first-order valence-corrected chi connectivity index (χ1v) is 6.96. The zero-order valence-corrected chi connectivity index (χ0v) is 10.8. The summed E-state index contributed by atoms with van der Waals surface area (Å²) < 4.78 is 1.42. The fourth-order valence-electron chi connectivity index (χ4n) is 2.49. The van der Waals surface area contributed by atoms with E-state index in [4.69, 9.17) is 0 Å². The number of thioether (sulfide) groups is 1. The summed E-state index contributed by atoms with van der Waals surface area (Å²) in [6, 6.07) is 6.25. The zero-order chi connectivity index (χ0) is 10.5. The summed E-state index contributed by atoms with van der Waals surface area (Å²) in [5.74, 6) is 0. The number of hydrogen-bond acceptors (Lipinski definition) is 2. The minimum Gasteiger partial charge on any atom is -0.388 e. The largest absolute Gasteiger partial charge is 0.388 e. The van der Waals surface area contributed by atoms with Gasteiger partial charge in [0.05, 0.1) is 6.10 Å². The summed E-state index contributed by atoms with van der Waals surface area (Å²) in [6.45, 7) is 0. The Bertz CT molecular complexity index is 401. The Balaban J connectivity index is 2.01. The molecule has 80 valence electrons. The molecule has 1 aliphatic carbocycles. The van der Waals surface area contributed by atoms with Gasteiger partial charge in [-0.25, -0.2) is 0 Å². The highest BCUT2D eigenvalue weighted by atomic mass is 79.9. The second kappa shape index (κ2) is 3.51. The fraction of sp³-hybridized carbons (Fsp3) is 0.500. The van der Waals surface area contributed by atoms with Crippen molar-refractivity contribution in [3.05, 3.63) is 28.2 Å². The van der Waals surface area contributed by atoms with Crippen molar-refractivity contribution in [3.63, 3.8) is 0 Å². The minimum atomic E-state index is -0.265. The monoisotopic (exact) mass is 284 g/mol. The van der Waals surface area contributed by atoms with E-state index >= 15 is 0 Å². The van der Waals surface area contributed by atoms with Gasteiger partial charge in [-0.1, -0.05) is 22.4 Å². The van der Waals surface area contributed by atoms with E-state index in [1.54, 1.807) is 0 Å². The molecule has 0 radical (unpaired) electrons. The van der Waals surface area contributed by atoms with E-state index in [2.05, 4.69) is 34.1 Å². The predicted octanol–water partition coefficient (Wildman–Crippen LogP) is 3.90. The highest BCUT2D eigenvalue weighted by Crippen LogP contribution is 2.57. The Labute approximate surface area is 102 Å². The van der Waals surface area contributed by atoms with E-state index in [9.17, 15) is 5.11 Å². The lowest BCUT2D eigenvalue weighted by Gasteiger charge is -2.46. The molecule has 1 atom stereocenters. The van der Waals surface area contributed by atoms with Crippen LogP contribution in [-0.4, -0.2) is 9.85 Å². The molecular formula is C12H13BrOS. The van der Waals surface area contributed by atoms with Crippen molar-refractivity contribution in [3.8, 4) is 0 Å². The van der Waals surface area contributed by atoms with E-state index in [1.165, 1.54) is 24.2 Å². The van der Waals surface area contributed by atoms with Crippen molar-refractivity contribution in [1.29, 1.82) is 0 Å². The van der Waals surface area contributed by atoms with Crippen LogP contribution in [0.3, 0.4) is 0 Å². The molecule has 1 aromatic carbocycles. The van der Waals surface area contributed by atoms with Gasteiger partial charge in [0.2, 0.25) is 0 Å². The minimum absolute atomic E-state index is 0.265. The lowest BCUT2D eigenvalue weighted by atomic mass is 9.79. The molecule has 1 spiro atoms. The summed E-state index contributed by atoms with van der Waals surface area (Å²) in [4.78, 5) is 1.27. The van der Waals surface area contributed by atoms with Crippen LogP contribution < -0.4 is 0 Å². The van der Waals surface area contributed by atoms with Gasteiger partial charge in [-0.2, -0.15) is 0 Å². The summed E-state index contributed by atoms with van der Waals surface area (Å²) in [5.41, 5.74) is 1.10.